The van der Waals surface area contributed by atoms with Crippen LogP contribution in [0.25, 0.3) is 0 Å². The van der Waals surface area contributed by atoms with Gasteiger partial charge < -0.3 is 5.11 Å². The van der Waals surface area contributed by atoms with Crippen LogP contribution in [0.2, 0.25) is 0 Å². The fourth-order valence-corrected chi connectivity index (χ4v) is 3.46. The lowest BCUT2D eigenvalue weighted by molar-refractivity contribution is -0.136. The first-order valence-corrected chi connectivity index (χ1v) is 8.75. The lowest BCUT2D eigenvalue weighted by atomic mass is 10.00. The topological polar surface area (TPSA) is 105 Å². The first-order chi connectivity index (χ1) is 9.84. The molecule has 1 aliphatic rings. The van der Waals surface area contributed by atoms with E-state index in [1.807, 2.05) is 0 Å². The average molecular weight is 316 g/mol. The number of carboxylic acid groups (broad SMARTS) is 1. The molecule has 1 fully saturated rings. The molecule has 0 saturated carbocycles. The van der Waals surface area contributed by atoms with E-state index in [1.165, 1.54) is 10.6 Å². The molecule has 0 spiro atoms. The van der Waals surface area contributed by atoms with Crippen molar-refractivity contribution in [3.05, 3.63) is 11.9 Å². The summed E-state index contributed by atoms with van der Waals surface area (Å²) >= 11 is 0. The molecular weight excluding hydrogens is 296 g/mol. The van der Waals surface area contributed by atoms with Gasteiger partial charge in [-0.2, -0.15) is 0 Å². The number of aliphatic carboxylic acids is 1. The number of carbonyl (C=O) groups is 1. The van der Waals surface area contributed by atoms with Gasteiger partial charge in [0.1, 0.15) is 0 Å². The number of carboxylic acids is 1. The van der Waals surface area contributed by atoms with Crippen LogP contribution in [0.1, 0.15) is 25.0 Å². The molecule has 2 heterocycles. The number of hydrogen-bond donors (Lipinski definition) is 1. The molecule has 0 aliphatic carbocycles. The van der Waals surface area contributed by atoms with E-state index in [0.717, 1.165) is 12.8 Å². The van der Waals surface area contributed by atoms with Crippen molar-refractivity contribution in [2.75, 3.05) is 19.3 Å². The Morgan fingerprint density at radius 2 is 2.29 bits per heavy atom. The van der Waals surface area contributed by atoms with Crippen LogP contribution in [0, 0.1) is 5.92 Å². The number of nitrogens with zero attached hydrogens (tertiary/aromatic N) is 4. The fourth-order valence-electron chi connectivity index (χ4n) is 2.52. The Morgan fingerprint density at radius 1 is 1.52 bits per heavy atom. The largest absolute Gasteiger partial charge is 0.481 e. The van der Waals surface area contributed by atoms with E-state index in [9.17, 15) is 13.2 Å². The van der Waals surface area contributed by atoms with Crippen LogP contribution in [0.4, 0.5) is 0 Å². The number of aromatic nitrogens is 3. The first-order valence-electron chi connectivity index (χ1n) is 6.90. The van der Waals surface area contributed by atoms with E-state index in [4.69, 9.17) is 5.11 Å². The third kappa shape index (κ3) is 4.78. The molecule has 1 saturated heterocycles. The fraction of sp³-hybridized carbons (Fsp3) is 0.750. The number of piperidine rings is 1. The molecule has 1 N–H and O–H groups in total. The van der Waals surface area contributed by atoms with Crippen molar-refractivity contribution in [3.63, 3.8) is 0 Å². The van der Waals surface area contributed by atoms with Gasteiger partial charge in [-0.05, 0) is 18.8 Å². The Hall–Kier alpha value is -1.48. The SMILES string of the molecule is CS(=O)(=O)N1CCCC(Cn2cc(CCC(=O)O)nn2)C1. The molecule has 8 nitrogen and oxygen atoms in total. The van der Waals surface area contributed by atoms with Crippen LogP contribution in [0.15, 0.2) is 6.20 Å². The van der Waals surface area contributed by atoms with Crippen molar-refractivity contribution < 1.29 is 18.3 Å². The molecule has 0 amide bonds. The highest BCUT2D eigenvalue weighted by molar-refractivity contribution is 7.88. The molecule has 0 radical (unpaired) electrons. The van der Waals surface area contributed by atoms with Gasteiger partial charge in [0.15, 0.2) is 0 Å². The minimum Gasteiger partial charge on any atom is -0.481 e. The van der Waals surface area contributed by atoms with Gasteiger partial charge in [0.05, 0.1) is 18.4 Å². The predicted molar refractivity (Wildman–Crippen MR) is 75.1 cm³/mol. The van der Waals surface area contributed by atoms with Crippen LogP contribution >= 0.6 is 0 Å². The third-order valence-corrected chi connectivity index (χ3v) is 4.85. The van der Waals surface area contributed by atoms with Crippen molar-refractivity contribution in [2.24, 2.45) is 5.92 Å². The van der Waals surface area contributed by atoms with Gasteiger partial charge in [0.2, 0.25) is 10.0 Å². The molecule has 1 aromatic heterocycles. The van der Waals surface area contributed by atoms with Gasteiger partial charge in [-0.3, -0.25) is 9.48 Å². The van der Waals surface area contributed by atoms with Crippen molar-refractivity contribution in [3.8, 4) is 0 Å². The van der Waals surface area contributed by atoms with Gasteiger partial charge in [-0.25, -0.2) is 12.7 Å². The number of hydrogen-bond acceptors (Lipinski definition) is 5. The van der Waals surface area contributed by atoms with Crippen molar-refractivity contribution in [2.45, 2.75) is 32.2 Å². The lowest BCUT2D eigenvalue weighted by Crippen LogP contribution is -2.40. The molecule has 1 aliphatic heterocycles. The normalized spacial score (nSPS) is 20.5. The summed E-state index contributed by atoms with van der Waals surface area (Å²) in [5.74, 6) is -0.650. The van der Waals surface area contributed by atoms with Crippen molar-refractivity contribution in [1.82, 2.24) is 19.3 Å². The molecule has 0 aromatic carbocycles. The predicted octanol–water partition coefficient (Wildman–Crippen LogP) is -0.0331. The number of aryl methyl sites for hydroxylation is 1. The van der Waals surface area contributed by atoms with Gasteiger partial charge in [0, 0.05) is 32.3 Å². The Balaban J connectivity index is 1.91. The van der Waals surface area contributed by atoms with Crippen molar-refractivity contribution >= 4 is 16.0 Å². The van der Waals surface area contributed by atoms with E-state index in [0.29, 0.717) is 31.7 Å². The molecule has 118 valence electrons. The zero-order valence-electron chi connectivity index (χ0n) is 12.0. The van der Waals surface area contributed by atoms with Crippen LogP contribution in [0.5, 0.6) is 0 Å². The van der Waals surface area contributed by atoms with Gasteiger partial charge in [-0.1, -0.05) is 5.21 Å². The first kappa shape index (κ1) is 15.9. The minimum atomic E-state index is -3.14. The molecule has 9 heteroatoms. The second-order valence-corrected chi connectivity index (χ2v) is 7.44. The maximum atomic E-state index is 11.6. The van der Waals surface area contributed by atoms with Crippen LogP contribution < -0.4 is 0 Å². The van der Waals surface area contributed by atoms with Crippen molar-refractivity contribution in [1.29, 1.82) is 0 Å². The summed E-state index contributed by atoms with van der Waals surface area (Å²) in [6.45, 7) is 1.69. The van der Waals surface area contributed by atoms with Gasteiger partial charge in [-0.15, -0.1) is 5.10 Å². The third-order valence-electron chi connectivity index (χ3n) is 3.58. The number of sulfonamides is 1. The van der Waals surface area contributed by atoms with Crippen LogP contribution in [0.3, 0.4) is 0 Å². The van der Waals surface area contributed by atoms with E-state index in [-0.39, 0.29) is 12.3 Å². The summed E-state index contributed by atoms with van der Waals surface area (Å²) in [5.41, 5.74) is 0.646. The Kier molecular flexibility index (Phi) is 4.94. The van der Waals surface area contributed by atoms with Gasteiger partial charge in [0.25, 0.3) is 0 Å². The van der Waals surface area contributed by atoms with E-state index >= 15 is 0 Å². The van der Waals surface area contributed by atoms with E-state index < -0.39 is 16.0 Å². The molecule has 0 bridgehead atoms. The van der Waals surface area contributed by atoms with Crippen LogP contribution in [-0.4, -0.2) is 58.1 Å². The maximum absolute atomic E-state index is 11.6. The van der Waals surface area contributed by atoms with E-state index in [1.54, 1.807) is 10.9 Å². The Bertz CT molecular complexity index is 598. The zero-order chi connectivity index (χ0) is 15.5. The standard InChI is InChI=1S/C12H20N4O4S/c1-21(19,20)16-6-2-3-10(8-16)7-15-9-11(13-14-15)4-5-12(17)18/h9-10H,2-8H2,1H3,(H,17,18). The number of rotatable bonds is 6. The summed E-state index contributed by atoms with van der Waals surface area (Å²) in [7, 11) is -3.14. The maximum Gasteiger partial charge on any atom is 0.303 e. The second-order valence-electron chi connectivity index (χ2n) is 5.45. The minimum absolute atomic E-state index is 0.0317. The Labute approximate surface area is 123 Å². The zero-order valence-corrected chi connectivity index (χ0v) is 12.8. The molecule has 1 unspecified atom stereocenters. The highest BCUT2D eigenvalue weighted by atomic mass is 32.2. The molecular formula is C12H20N4O4S. The quantitative estimate of drug-likeness (QED) is 0.790. The average Bonchev–Trinajstić information content (AvgIpc) is 2.83. The summed E-state index contributed by atoms with van der Waals surface area (Å²) in [6, 6.07) is 0. The monoisotopic (exact) mass is 316 g/mol. The van der Waals surface area contributed by atoms with Gasteiger partial charge >= 0.3 is 5.97 Å². The summed E-state index contributed by atoms with van der Waals surface area (Å²) in [6.07, 6.45) is 5.16. The Morgan fingerprint density at radius 3 is 2.95 bits per heavy atom. The lowest BCUT2D eigenvalue weighted by Gasteiger charge is -2.30. The summed E-state index contributed by atoms with van der Waals surface area (Å²) < 4.78 is 26.3. The molecule has 1 atom stereocenters. The summed E-state index contributed by atoms with van der Waals surface area (Å²) in [4.78, 5) is 10.5. The molecule has 21 heavy (non-hydrogen) atoms. The van der Waals surface area contributed by atoms with E-state index in [2.05, 4.69) is 10.3 Å². The smallest absolute Gasteiger partial charge is 0.303 e. The molecule has 2 rings (SSSR count). The summed E-state index contributed by atoms with van der Waals surface area (Å²) in [5, 5.41) is 16.6. The molecule has 1 aromatic rings. The highest BCUT2D eigenvalue weighted by Gasteiger charge is 2.26. The highest BCUT2D eigenvalue weighted by Crippen LogP contribution is 2.20. The second kappa shape index (κ2) is 6.52. The van der Waals surface area contributed by atoms with Crippen LogP contribution in [-0.2, 0) is 27.8 Å².